The number of hydrogen-bond acceptors (Lipinski definition) is 4. The molecule has 0 saturated heterocycles. The van der Waals surface area contributed by atoms with Crippen molar-refractivity contribution in [3.63, 3.8) is 0 Å². The van der Waals surface area contributed by atoms with Gasteiger partial charge in [0.15, 0.2) is 11.2 Å². The molecule has 0 aliphatic carbocycles. The molecule has 0 N–H and O–H groups in total. The molecule has 9 aromatic carbocycles. The van der Waals surface area contributed by atoms with Gasteiger partial charge < -0.3 is 18.6 Å². The van der Waals surface area contributed by atoms with Crippen molar-refractivity contribution in [1.82, 2.24) is 0 Å². The van der Waals surface area contributed by atoms with E-state index in [-0.39, 0.29) is 0 Å². The van der Waals surface area contributed by atoms with Crippen LogP contribution in [0.2, 0.25) is 26.2 Å². The standard InChI is InChI=1S/C62H52N2O2Si2/c1-37-21-9-15-27-45(37)63(46-28-16-10-22-38(46)2)49-35-55-57(59-41-25-13-19-31-51(41)65-61(49)59)43-33-54-44(34-53(43)67(55,5)6)58-56(68(54,7)8)36-50(62-60(58)42-26-14-20-32-52(42)66-62)64(47-29-17-11-23-39(47)3)48-30-18-12-24-40(48)4/h9-36H,1-8H3. The Labute approximate surface area is 399 Å². The van der Waals surface area contributed by atoms with Gasteiger partial charge in [-0.2, -0.15) is 0 Å². The zero-order valence-electron chi connectivity index (χ0n) is 39.9. The molecule has 2 aromatic heterocycles. The molecule has 6 heteroatoms. The second kappa shape index (κ2) is 14.6. The molecule has 0 radical (unpaired) electrons. The number of aryl methyl sites for hydroxylation is 4. The van der Waals surface area contributed by atoms with Crippen LogP contribution >= 0.6 is 0 Å². The van der Waals surface area contributed by atoms with Crippen molar-refractivity contribution in [2.24, 2.45) is 0 Å². The van der Waals surface area contributed by atoms with Crippen LogP contribution in [0.5, 0.6) is 0 Å². The summed E-state index contributed by atoms with van der Waals surface area (Å²) in [6, 6.07) is 62.7. The van der Waals surface area contributed by atoms with E-state index in [0.717, 1.165) is 67.2 Å². The van der Waals surface area contributed by atoms with Gasteiger partial charge in [0.1, 0.15) is 27.3 Å². The molecule has 0 fully saturated rings. The number of nitrogens with zero attached hydrogens (tertiary/aromatic N) is 2. The highest BCUT2D eigenvalue weighted by Crippen LogP contribution is 2.51. The third-order valence-electron chi connectivity index (χ3n) is 15.6. The third-order valence-corrected chi connectivity index (χ3v) is 22.6. The average Bonchev–Trinajstić information content (AvgIpc) is 4.04. The minimum absolute atomic E-state index is 0.913. The molecular weight excluding hydrogens is 861 g/mol. The molecule has 0 unspecified atom stereocenters. The molecule has 4 heterocycles. The van der Waals surface area contributed by atoms with E-state index in [1.165, 1.54) is 76.0 Å². The quantitative estimate of drug-likeness (QED) is 0.156. The van der Waals surface area contributed by atoms with E-state index in [9.17, 15) is 0 Å². The van der Waals surface area contributed by atoms with Crippen molar-refractivity contribution < 1.29 is 8.83 Å². The van der Waals surface area contributed by atoms with Gasteiger partial charge in [0.25, 0.3) is 0 Å². The lowest BCUT2D eigenvalue weighted by Crippen LogP contribution is -2.51. The molecular formula is C62H52N2O2Si2. The summed E-state index contributed by atoms with van der Waals surface area (Å²) in [5.74, 6) is 0. The first-order chi connectivity index (χ1) is 32.9. The van der Waals surface area contributed by atoms with E-state index in [1.807, 2.05) is 0 Å². The summed E-state index contributed by atoms with van der Waals surface area (Å²) in [5, 5.41) is 10.6. The maximum absolute atomic E-state index is 7.15. The van der Waals surface area contributed by atoms with Crippen molar-refractivity contribution in [1.29, 1.82) is 0 Å². The molecule has 0 amide bonds. The summed E-state index contributed by atoms with van der Waals surface area (Å²) in [6.45, 7) is 19.2. The Morgan fingerprint density at radius 1 is 0.338 bits per heavy atom. The average molecular weight is 913 g/mol. The molecule has 0 saturated carbocycles. The molecule has 11 aromatic rings. The van der Waals surface area contributed by atoms with E-state index in [1.54, 1.807) is 0 Å². The Balaban J connectivity index is 1.10. The number of furan rings is 2. The highest BCUT2D eigenvalue weighted by Gasteiger charge is 2.47. The molecule has 4 nitrogen and oxygen atoms in total. The maximum atomic E-state index is 7.15. The van der Waals surface area contributed by atoms with Crippen molar-refractivity contribution in [2.45, 2.75) is 53.9 Å². The second-order valence-corrected chi connectivity index (χ2v) is 28.9. The highest BCUT2D eigenvalue weighted by molar-refractivity contribution is 7.06. The summed E-state index contributed by atoms with van der Waals surface area (Å²) >= 11 is 0. The number of para-hydroxylation sites is 6. The Hall–Kier alpha value is -7.39. The first kappa shape index (κ1) is 40.9. The number of rotatable bonds is 6. The monoisotopic (exact) mass is 912 g/mol. The van der Waals surface area contributed by atoms with Gasteiger partial charge in [-0.15, -0.1) is 0 Å². The van der Waals surface area contributed by atoms with Crippen molar-refractivity contribution in [2.75, 3.05) is 9.80 Å². The van der Waals surface area contributed by atoms with E-state index >= 15 is 0 Å². The predicted octanol–water partition coefficient (Wildman–Crippen LogP) is 15.3. The molecule has 0 bridgehead atoms. The van der Waals surface area contributed by atoms with Crippen LogP contribution in [0, 0.1) is 27.7 Å². The zero-order chi connectivity index (χ0) is 46.4. The van der Waals surface area contributed by atoms with E-state index in [2.05, 4.69) is 234 Å². The van der Waals surface area contributed by atoms with Crippen molar-refractivity contribution in [3.05, 3.63) is 192 Å². The topological polar surface area (TPSA) is 32.8 Å². The highest BCUT2D eigenvalue weighted by atomic mass is 28.3. The van der Waals surface area contributed by atoms with Crippen LogP contribution in [0.3, 0.4) is 0 Å². The fourth-order valence-electron chi connectivity index (χ4n) is 12.0. The summed E-state index contributed by atoms with van der Waals surface area (Å²) in [5.41, 5.74) is 20.8. The summed E-state index contributed by atoms with van der Waals surface area (Å²) in [7, 11) is -4.79. The lowest BCUT2D eigenvalue weighted by molar-refractivity contribution is 0.669. The minimum Gasteiger partial charge on any atom is -0.454 e. The summed E-state index contributed by atoms with van der Waals surface area (Å²) in [6.07, 6.45) is 0. The van der Waals surface area contributed by atoms with Gasteiger partial charge in [0.2, 0.25) is 0 Å². The van der Waals surface area contributed by atoms with Gasteiger partial charge in [0, 0.05) is 44.3 Å². The van der Waals surface area contributed by atoms with Gasteiger partial charge in [-0.3, -0.25) is 0 Å². The van der Waals surface area contributed by atoms with Crippen LogP contribution in [0.15, 0.2) is 179 Å². The number of hydrogen-bond donors (Lipinski definition) is 0. The second-order valence-electron chi connectivity index (χ2n) is 20.3. The molecule has 2 aliphatic heterocycles. The smallest absolute Gasteiger partial charge is 0.160 e. The fraction of sp³-hybridized carbons (Fsp3) is 0.129. The van der Waals surface area contributed by atoms with Gasteiger partial charge in [-0.1, -0.05) is 148 Å². The van der Waals surface area contributed by atoms with Crippen LogP contribution in [-0.2, 0) is 0 Å². The Morgan fingerprint density at radius 2 is 0.647 bits per heavy atom. The first-order valence-corrected chi connectivity index (χ1v) is 29.9. The fourth-order valence-corrected chi connectivity index (χ4v) is 18.1. The maximum Gasteiger partial charge on any atom is 0.160 e. The summed E-state index contributed by atoms with van der Waals surface area (Å²) < 4.78 is 14.3. The lowest BCUT2D eigenvalue weighted by Gasteiger charge is -2.30. The number of anilines is 6. The van der Waals surface area contributed by atoms with Crippen LogP contribution in [-0.4, -0.2) is 16.1 Å². The zero-order valence-corrected chi connectivity index (χ0v) is 41.9. The number of fused-ring (bicyclic) bond motifs is 14. The predicted molar refractivity (Wildman–Crippen MR) is 294 cm³/mol. The van der Waals surface area contributed by atoms with E-state index < -0.39 is 16.1 Å². The van der Waals surface area contributed by atoms with Crippen LogP contribution in [0.25, 0.3) is 66.1 Å². The molecule has 0 atom stereocenters. The summed E-state index contributed by atoms with van der Waals surface area (Å²) in [4.78, 5) is 4.93. The third kappa shape index (κ3) is 5.59. The largest absolute Gasteiger partial charge is 0.454 e. The van der Waals surface area contributed by atoms with Gasteiger partial charge in [-0.05, 0) is 141 Å². The lowest BCUT2D eigenvalue weighted by atomic mass is 9.94. The van der Waals surface area contributed by atoms with Crippen LogP contribution in [0.1, 0.15) is 22.3 Å². The number of benzene rings is 9. The molecule has 68 heavy (non-hydrogen) atoms. The van der Waals surface area contributed by atoms with Crippen LogP contribution < -0.4 is 30.5 Å². The van der Waals surface area contributed by atoms with Crippen LogP contribution in [0.4, 0.5) is 34.1 Å². The Bertz CT molecular complexity index is 3600. The van der Waals surface area contributed by atoms with Gasteiger partial charge >= 0.3 is 0 Å². The van der Waals surface area contributed by atoms with Gasteiger partial charge in [0.05, 0.1) is 11.4 Å². The van der Waals surface area contributed by atoms with Gasteiger partial charge in [-0.25, -0.2) is 0 Å². The molecule has 0 spiro atoms. The molecule has 330 valence electrons. The Morgan fingerprint density at radius 3 is 0.985 bits per heavy atom. The van der Waals surface area contributed by atoms with Crippen molar-refractivity contribution >= 4 is 115 Å². The van der Waals surface area contributed by atoms with E-state index in [4.69, 9.17) is 8.83 Å². The molecule has 2 aliphatic rings. The SMILES string of the molecule is Cc1ccccc1N(c1ccccc1C)c1cc2c(c3c1oc1ccccc13)-c1cc3c(cc1[Si]2(C)C)-c1c(cc(N(c2ccccc2C)c2ccccc2C)c2oc4ccccc4c12)[Si]3(C)C. The Kier molecular flexibility index (Phi) is 8.75. The first-order valence-electron chi connectivity index (χ1n) is 23.9. The minimum atomic E-state index is -2.40. The van der Waals surface area contributed by atoms with E-state index in [0.29, 0.717) is 0 Å². The normalized spacial score (nSPS) is 14.1. The molecule has 13 rings (SSSR count). The van der Waals surface area contributed by atoms with Crippen molar-refractivity contribution in [3.8, 4) is 22.3 Å².